The topological polar surface area (TPSA) is 45.5 Å². The van der Waals surface area contributed by atoms with E-state index >= 15 is 0 Å². The number of aliphatic hydroxyl groups is 1. The summed E-state index contributed by atoms with van der Waals surface area (Å²) >= 11 is 5.87. The molecule has 0 spiro atoms. The maximum atomic E-state index is 12.3. The standard InChI is InChI=1S/C12H17ClN2O2/c1-8-6-15(4-3-11(8)16)12(17)10-5-9(13)7-14(10)2/h5,7-8,11,16H,3-4,6H2,1-2H3. The van der Waals surface area contributed by atoms with Crippen molar-refractivity contribution >= 4 is 17.5 Å². The number of likely N-dealkylation sites (tertiary alicyclic amines) is 1. The lowest BCUT2D eigenvalue weighted by molar-refractivity contribution is 0.0292. The summed E-state index contributed by atoms with van der Waals surface area (Å²) in [6.07, 6.45) is 2.07. The van der Waals surface area contributed by atoms with Crippen molar-refractivity contribution in [2.24, 2.45) is 13.0 Å². The van der Waals surface area contributed by atoms with Gasteiger partial charge in [0.25, 0.3) is 5.91 Å². The third kappa shape index (κ3) is 2.48. The first-order valence-electron chi connectivity index (χ1n) is 5.78. The molecule has 2 unspecified atom stereocenters. The zero-order valence-electron chi connectivity index (χ0n) is 10.1. The summed E-state index contributed by atoms with van der Waals surface area (Å²) in [5.74, 6) is 0.113. The molecule has 4 nitrogen and oxygen atoms in total. The highest BCUT2D eigenvalue weighted by Gasteiger charge is 2.28. The summed E-state index contributed by atoms with van der Waals surface area (Å²) in [6.45, 7) is 3.16. The average Bonchev–Trinajstić information content (AvgIpc) is 2.61. The minimum absolute atomic E-state index is 0.0156. The number of carbonyl (C=O) groups excluding carboxylic acids is 1. The maximum absolute atomic E-state index is 12.3. The molecule has 0 aromatic carbocycles. The molecule has 1 aliphatic rings. The van der Waals surface area contributed by atoms with Gasteiger partial charge in [-0.1, -0.05) is 18.5 Å². The third-order valence-corrected chi connectivity index (χ3v) is 3.54. The number of aromatic nitrogens is 1. The lowest BCUT2D eigenvalue weighted by Gasteiger charge is -2.34. The molecule has 0 radical (unpaired) electrons. The van der Waals surface area contributed by atoms with Crippen molar-refractivity contribution in [1.82, 2.24) is 9.47 Å². The zero-order valence-corrected chi connectivity index (χ0v) is 10.8. The second-order valence-electron chi connectivity index (χ2n) is 4.74. The minimum Gasteiger partial charge on any atom is -0.393 e. The average molecular weight is 257 g/mol. The first-order valence-corrected chi connectivity index (χ1v) is 6.16. The van der Waals surface area contributed by atoms with Crippen molar-refractivity contribution in [2.45, 2.75) is 19.4 Å². The van der Waals surface area contributed by atoms with Crippen molar-refractivity contribution in [3.8, 4) is 0 Å². The molecule has 5 heteroatoms. The smallest absolute Gasteiger partial charge is 0.270 e. The van der Waals surface area contributed by atoms with E-state index in [4.69, 9.17) is 11.6 Å². The van der Waals surface area contributed by atoms with E-state index < -0.39 is 0 Å². The number of rotatable bonds is 1. The van der Waals surface area contributed by atoms with Crippen LogP contribution >= 0.6 is 11.6 Å². The van der Waals surface area contributed by atoms with Gasteiger partial charge >= 0.3 is 0 Å². The molecule has 1 amide bonds. The molecule has 17 heavy (non-hydrogen) atoms. The van der Waals surface area contributed by atoms with Gasteiger partial charge in [0, 0.05) is 26.3 Å². The van der Waals surface area contributed by atoms with Gasteiger partial charge in [-0.15, -0.1) is 0 Å². The van der Waals surface area contributed by atoms with Crippen LogP contribution in [0.1, 0.15) is 23.8 Å². The number of hydrogen-bond donors (Lipinski definition) is 1. The third-order valence-electron chi connectivity index (χ3n) is 3.34. The Balaban J connectivity index is 2.13. The van der Waals surface area contributed by atoms with E-state index in [1.54, 1.807) is 28.8 Å². The zero-order chi connectivity index (χ0) is 12.6. The van der Waals surface area contributed by atoms with Crippen molar-refractivity contribution in [3.05, 3.63) is 23.0 Å². The predicted molar refractivity (Wildman–Crippen MR) is 66.1 cm³/mol. The van der Waals surface area contributed by atoms with E-state index in [9.17, 15) is 9.90 Å². The number of piperidine rings is 1. The van der Waals surface area contributed by atoms with Gasteiger partial charge in [-0.05, 0) is 18.4 Å². The Morgan fingerprint density at radius 2 is 2.29 bits per heavy atom. The Morgan fingerprint density at radius 1 is 1.59 bits per heavy atom. The van der Waals surface area contributed by atoms with Crippen LogP contribution in [0, 0.1) is 5.92 Å². The van der Waals surface area contributed by atoms with E-state index in [2.05, 4.69) is 0 Å². The summed E-state index contributed by atoms with van der Waals surface area (Å²) in [5.41, 5.74) is 0.596. The van der Waals surface area contributed by atoms with Crippen molar-refractivity contribution in [3.63, 3.8) is 0 Å². The number of halogens is 1. The molecule has 1 aromatic heterocycles. The van der Waals surface area contributed by atoms with Gasteiger partial charge in [0.1, 0.15) is 5.69 Å². The van der Waals surface area contributed by atoms with Crippen molar-refractivity contribution in [2.75, 3.05) is 13.1 Å². The van der Waals surface area contributed by atoms with Gasteiger partial charge < -0.3 is 14.6 Å². The largest absolute Gasteiger partial charge is 0.393 e. The summed E-state index contributed by atoms with van der Waals surface area (Å²) in [4.78, 5) is 14.0. The monoisotopic (exact) mass is 256 g/mol. The van der Waals surface area contributed by atoms with Gasteiger partial charge in [-0.25, -0.2) is 0 Å². The van der Waals surface area contributed by atoms with Gasteiger partial charge in [0.05, 0.1) is 11.1 Å². The van der Waals surface area contributed by atoms with Crippen LogP contribution in [0.2, 0.25) is 5.02 Å². The summed E-state index contributed by atoms with van der Waals surface area (Å²) in [7, 11) is 1.81. The molecule has 1 fully saturated rings. The summed E-state index contributed by atoms with van der Waals surface area (Å²) in [5, 5.41) is 10.2. The first kappa shape index (κ1) is 12.5. The molecule has 1 saturated heterocycles. The van der Waals surface area contributed by atoms with Crippen LogP contribution in [0.15, 0.2) is 12.3 Å². The molecule has 1 N–H and O–H groups in total. The Bertz CT molecular complexity index is 430. The second-order valence-corrected chi connectivity index (χ2v) is 5.18. The van der Waals surface area contributed by atoms with E-state index in [-0.39, 0.29) is 17.9 Å². The normalized spacial score (nSPS) is 25.1. The SMILES string of the molecule is CC1CN(C(=O)c2cc(Cl)cn2C)CCC1O. The second kappa shape index (κ2) is 4.70. The highest BCUT2D eigenvalue weighted by atomic mass is 35.5. The fourth-order valence-corrected chi connectivity index (χ4v) is 2.47. The van der Waals surface area contributed by atoms with Gasteiger partial charge in [0.2, 0.25) is 0 Å². The lowest BCUT2D eigenvalue weighted by atomic mass is 9.96. The molecule has 94 valence electrons. The van der Waals surface area contributed by atoms with Crippen LogP contribution in [0.4, 0.5) is 0 Å². The highest BCUT2D eigenvalue weighted by Crippen LogP contribution is 2.20. The van der Waals surface area contributed by atoms with Crippen LogP contribution in [0.5, 0.6) is 0 Å². The highest BCUT2D eigenvalue weighted by molar-refractivity contribution is 6.31. The summed E-state index contributed by atoms with van der Waals surface area (Å²) < 4.78 is 1.74. The first-order chi connectivity index (χ1) is 7.99. The molecule has 2 heterocycles. The molecule has 0 saturated carbocycles. The molecule has 0 aliphatic carbocycles. The van der Waals surface area contributed by atoms with Crippen LogP contribution in [0.25, 0.3) is 0 Å². The number of carbonyl (C=O) groups is 1. The Hall–Kier alpha value is -1.00. The molecule has 2 atom stereocenters. The Labute approximate surface area is 106 Å². The number of hydrogen-bond acceptors (Lipinski definition) is 2. The lowest BCUT2D eigenvalue weighted by Crippen LogP contribution is -2.45. The van der Waals surface area contributed by atoms with Crippen LogP contribution in [0.3, 0.4) is 0 Å². The number of aryl methyl sites for hydroxylation is 1. The molecular formula is C12H17ClN2O2. The van der Waals surface area contributed by atoms with E-state index in [1.165, 1.54) is 0 Å². The van der Waals surface area contributed by atoms with Crippen LogP contribution in [-0.4, -0.2) is 39.7 Å². The van der Waals surface area contributed by atoms with Gasteiger partial charge in [0.15, 0.2) is 0 Å². The minimum atomic E-state index is -0.295. The Morgan fingerprint density at radius 3 is 2.82 bits per heavy atom. The fourth-order valence-electron chi connectivity index (χ4n) is 2.22. The number of nitrogens with zero attached hydrogens (tertiary/aromatic N) is 2. The molecule has 1 aromatic rings. The van der Waals surface area contributed by atoms with Crippen LogP contribution < -0.4 is 0 Å². The van der Waals surface area contributed by atoms with Gasteiger partial charge in [-0.2, -0.15) is 0 Å². The number of aliphatic hydroxyl groups excluding tert-OH is 1. The molecular weight excluding hydrogens is 240 g/mol. The van der Waals surface area contributed by atoms with Crippen molar-refractivity contribution < 1.29 is 9.90 Å². The quantitative estimate of drug-likeness (QED) is 0.828. The van der Waals surface area contributed by atoms with E-state index in [1.807, 2.05) is 6.92 Å². The predicted octanol–water partition coefficient (Wildman–Crippen LogP) is 1.52. The van der Waals surface area contributed by atoms with Gasteiger partial charge in [-0.3, -0.25) is 4.79 Å². The molecule has 1 aliphatic heterocycles. The maximum Gasteiger partial charge on any atom is 0.270 e. The molecule has 2 rings (SSSR count). The van der Waals surface area contributed by atoms with Crippen LogP contribution in [-0.2, 0) is 7.05 Å². The number of amides is 1. The van der Waals surface area contributed by atoms with Crippen molar-refractivity contribution in [1.29, 1.82) is 0 Å². The Kier molecular flexibility index (Phi) is 3.45. The fraction of sp³-hybridized carbons (Fsp3) is 0.583. The molecule has 0 bridgehead atoms. The van der Waals surface area contributed by atoms with E-state index in [0.29, 0.717) is 30.2 Å². The van der Waals surface area contributed by atoms with E-state index in [0.717, 1.165) is 0 Å². The summed E-state index contributed by atoms with van der Waals surface area (Å²) in [6, 6.07) is 1.68.